The number of benzene rings is 1. The van der Waals surface area contributed by atoms with E-state index in [-0.39, 0.29) is 0 Å². The second-order valence-electron chi connectivity index (χ2n) is 7.62. The minimum absolute atomic E-state index is 0.315. The maximum Gasteiger partial charge on any atom is 0.416 e. The van der Waals surface area contributed by atoms with Crippen molar-refractivity contribution in [2.45, 2.75) is 38.0 Å². The van der Waals surface area contributed by atoms with Crippen LogP contribution in [-0.2, 0) is 17.5 Å². The summed E-state index contributed by atoms with van der Waals surface area (Å²) < 4.78 is 49.0. The predicted octanol–water partition coefficient (Wildman–Crippen LogP) is 3.44. The van der Waals surface area contributed by atoms with Crippen molar-refractivity contribution in [3.8, 4) is 11.4 Å². The van der Waals surface area contributed by atoms with Gasteiger partial charge in [0.15, 0.2) is 0 Å². The summed E-state index contributed by atoms with van der Waals surface area (Å²) in [4.78, 5) is 9.23. The van der Waals surface area contributed by atoms with Crippen LogP contribution in [0.3, 0.4) is 0 Å². The van der Waals surface area contributed by atoms with Crippen LogP contribution in [-0.4, -0.2) is 65.4 Å². The molecule has 0 bridgehead atoms. The van der Waals surface area contributed by atoms with Gasteiger partial charge >= 0.3 is 6.18 Å². The second kappa shape index (κ2) is 8.81. The molecule has 2 saturated heterocycles. The molecule has 0 aliphatic carbocycles. The third kappa shape index (κ3) is 5.15. The predicted molar refractivity (Wildman–Crippen MR) is 100 cm³/mol. The second-order valence-corrected chi connectivity index (χ2v) is 7.62. The standard InChI is InChI=1S/C20H25F3N4O2/c21-20(22,23)16-6-4-15(5-7-16)19-24-18(29-25-19)14-27-8-2-1-3-17(27)13-26-9-11-28-12-10-26/h4-7,17H,1-3,8-14H2/t17-/m0/s1. The lowest BCUT2D eigenvalue weighted by Gasteiger charge is -2.39. The van der Waals surface area contributed by atoms with Crippen LogP contribution in [0.25, 0.3) is 11.4 Å². The van der Waals surface area contributed by atoms with Gasteiger partial charge in [0.25, 0.3) is 0 Å². The summed E-state index contributed by atoms with van der Waals surface area (Å²) in [7, 11) is 0. The summed E-state index contributed by atoms with van der Waals surface area (Å²) in [6, 6.07) is 5.25. The van der Waals surface area contributed by atoms with Gasteiger partial charge in [-0.1, -0.05) is 23.7 Å². The van der Waals surface area contributed by atoms with E-state index >= 15 is 0 Å². The van der Waals surface area contributed by atoms with Gasteiger partial charge in [-0.15, -0.1) is 0 Å². The molecule has 2 aliphatic heterocycles. The summed E-state index contributed by atoms with van der Waals surface area (Å²) in [5, 5.41) is 3.96. The summed E-state index contributed by atoms with van der Waals surface area (Å²) >= 11 is 0. The van der Waals surface area contributed by atoms with E-state index in [1.165, 1.54) is 18.6 Å². The third-order valence-electron chi connectivity index (χ3n) is 5.60. The van der Waals surface area contributed by atoms with Crippen molar-refractivity contribution in [2.75, 3.05) is 39.4 Å². The van der Waals surface area contributed by atoms with Crippen molar-refractivity contribution in [2.24, 2.45) is 0 Å². The number of ether oxygens (including phenoxy) is 1. The van der Waals surface area contributed by atoms with E-state index in [1.54, 1.807) is 0 Å². The van der Waals surface area contributed by atoms with Gasteiger partial charge in [-0.05, 0) is 31.5 Å². The van der Waals surface area contributed by atoms with E-state index in [2.05, 4.69) is 19.9 Å². The fourth-order valence-electron chi connectivity index (χ4n) is 3.98. The van der Waals surface area contributed by atoms with E-state index in [1.807, 2.05) is 0 Å². The fourth-order valence-corrected chi connectivity index (χ4v) is 3.98. The van der Waals surface area contributed by atoms with E-state index in [4.69, 9.17) is 9.26 Å². The van der Waals surface area contributed by atoms with Crippen LogP contribution < -0.4 is 0 Å². The average Bonchev–Trinajstić information content (AvgIpc) is 3.18. The van der Waals surface area contributed by atoms with E-state index in [0.29, 0.717) is 29.9 Å². The smallest absolute Gasteiger partial charge is 0.379 e. The Morgan fingerprint density at radius 2 is 1.79 bits per heavy atom. The summed E-state index contributed by atoms with van der Waals surface area (Å²) in [5.74, 6) is 0.809. The van der Waals surface area contributed by atoms with Crippen LogP contribution in [0.15, 0.2) is 28.8 Å². The van der Waals surface area contributed by atoms with Crippen molar-refractivity contribution in [1.29, 1.82) is 0 Å². The first-order chi connectivity index (χ1) is 14.0. The van der Waals surface area contributed by atoms with Crippen LogP contribution in [0.1, 0.15) is 30.7 Å². The molecule has 1 aromatic carbocycles. The number of aromatic nitrogens is 2. The monoisotopic (exact) mass is 410 g/mol. The molecule has 0 N–H and O–H groups in total. The van der Waals surface area contributed by atoms with Crippen molar-refractivity contribution in [1.82, 2.24) is 19.9 Å². The number of hydrogen-bond acceptors (Lipinski definition) is 6. The number of likely N-dealkylation sites (tertiary alicyclic amines) is 1. The molecule has 0 radical (unpaired) electrons. The minimum Gasteiger partial charge on any atom is -0.379 e. The quantitative estimate of drug-likeness (QED) is 0.753. The Labute approximate surface area is 167 Å². The van der Waals surface area contributed by atoms with Gasteiger partial charge in [0.2, 0.25) is 11.7 Å². The number of alkyl halides is 3. The van der Waals surface area contributed by atoms with Crippen LogP contribution in [0, 0.1) is 0 Å². The molecule has 4 rings (SSSR count). The maximum atomic E-state index is 12.7. The number of morpholine rings is 1. The van der Waals surface area contributed by atoms with Crippen molar-refractivity contribution < 1.29 is 22.4 Å². The molecule has 1 atom stereocenters. The first-order valence-electron chi connectivity index (χ1n) is 10.0. The summed E-state index contributed by atoms with van der Waals surface area (Å²) in [5.41, 5.74) is -0.180. The molecular formula is C20H25F3N4O2. The lowest BCUT2D eigenvalue weighted by atomic mass is 10.0. The molecule has 2 fully saturated rings. The zero-order valence-corrected chi connectivity index (χ0v) is 16.2. The van der Waals surface area contributed by atoms with Gasteiger partial charge in [-0.2, -0.15) is 18.2 Å². The topological polar surface area (TPSA) is 54.6 Å². The number of rotatable bonds is 5. The number of nitrogens with zero attached hydrogens (tertiary/aromatic N) is 4. The van der Waals surface area contributed by atoms with Crippen LogP contribution in [0.4, 0.5) is 13.2 Å². The highest BCUT2D eigenvalue weighted by atomic mass is 19.4. The molecule has 2 aromatic rings. The zero-order chi connectivity index (χ0) is 20.3. The minimum atomic E-state index is -4.36. The Bertz CT molecular complexity index is 788. The highest BCUT2D eigenvalue weighted by molar-refractivity contribution is 5.54. The molecule has 1 aromatic heterocycles. The number of hydrogen-bond donors (Lipinski definition) is 0. The molecule has 0 spiro atoms. The normalized spacial score (nSPS) is 22.1. The molecule has 3 heterocycles. The highest BCUT2D eigenvalue weighted by Crippen LogP contribution is 2.30. The Balaban J connectivity index is 1.40. The van der Waals surface area contributed by atoms with Crippen LogP contribution in [0.5, 0.6) is 0 Å². The third-order valence-corrected chi connectivity index (χ3v) is 5.60. The Morgan fingerprint density at radius 3 is 2.52 bits per heavy atom. The van der Waals surface area contributed by atoms with E-state index < -0.39 is 11.7 Å². The molecule has 0 amide bonds. The van der Waals surface area contributed by atoms with Crippen LogP contribution in [0.2, 0.25) is 0 Å². The van der Waals surface area contributed by atoms with Crippen molar-refractivity contribution >= 4 is 0 Å². The molecule has 9 heteroatoms. The highest BCUT2D eigenvalue weighted by Gasteiger charge is 2.30. The van der Waals surface area contributed by atoms with Gasteiger partial charge in [0.1, 0.15) is 0 Å². The molecule has 0 unspecified atom stereocenters. The largest absolute Gasteiger partial charge is 0.416 e. The van der Waals surface area contributed by atoms with Gasteiger partial charge in [0.05, 0.1) is 25.3 Å². The zero-order valence-electron chi connectivity index (χ0n) is 16.2. The molecule has 2 aliphatic rings. The van der Waals surface area contributed by atoms with Gasteiger partial charge in [-0.25, -0.2) is 0 Å². The molecule has 6 nitrogen and oxygen atoms in total. The SMILES string of the molecule is FC(F)(F)c1ccc(-c2noc(CN3CCCC[C@H]3CN3CCOCC3)n2)cc1. The first kappa shape index (κ1) is 20.3. The molecular weight excluding hydrogens is 385 g/mol. The Hall–Kier alpha value is -1.97. The van der Waals surface area contributed by atoms with Crippen LogP contribution >= 0.6 is 0 Å². The van der Waals surface area contributed by atoms with Crippen molar-refractivity contribution in [3.05, 3.63) is 35.7 Å². The van der Waals surface area contributed by atoms with Gasteiger partial charge in [-0.3, -0.25) is 9.80 Å². The molecule has 158 valence electrons. The Kier molecular flexibility index (Phi) is 6.17. The van der Waals surface area contributed by atoms with E-state index in [0.717, 1.165) is 64.4 Å². The van der Waals surface area contributed by atoms with Gasteiger partial charge in [0, 0.05) is 31.2 Å². The van der Waals surface area contributed by atoms with Gasteiger partial charge < -0.3 is 9.26 Å². The first-order valence-corrected chi connectivity index (χ1v) is 10.0. The van der Waals surface area contributed by atoms with E-state index in [9.17, 15) is 13.2 Å². The number of halogens is 3. The number of piperidine rings is 1. The Morgan fingerprint density at radius 1 is 1.03 bits per heavy atom. The average molecular weight is 410 g/mol. The summed E-state index contributed by atoms with van der Waals surface area (Å²) in [6.07, 6.45) is -0.867. The lowest BCUT2D eigenvalue weighted by molar-refractivity contribution is -0.137. The lowest BCUT2D eigenvalue weighted by Crippen LogP contribution is -2.49. The molecule has 0 saturated carbocycles. The maximum absolute atomic E-state index is 12.7. The summed E-state index contributed by atoms with van der Waals surface area (Å²) in [6.45, 7) is 6.03. The molecule has 29 heavy (non-hydrogen) atoms. The van der Waals surface area contributed by atoms with Crippen molar-refractivity contribution in [3.63, 3.8) is 0 Å². The fraction of sp³-hybridized carbons (Fsp3) is 0.600.